The van der Waals surface area contributed by atoms with E-state index in [1.807, 2.05) is 0 Å². The molecule has 0 atom stereocenters. The highest BCUT2D eigenvalue weighted by atomic mass is 35.5. The van der Waals surface area contributed by atoms with Crippen molar-refractivity contribution in [3.05, 3.63) is 35.5 Å². The molecular weight excluding hydrogens is 328 g/mol. The van der Waals surface area contributed by atoms with Crippen molar-refractivity contribution in [1.82, 2.24) is 0 Å². The van der Waals surface area contributed by atoms with Gasteiger partial charge in [-0.1, -0.05) is 29.9 Å². The zero-order chi connectivity index (χ0) is 16.1. The number of hydrogen-bond donors (Lipinski definition) is 1. The summed E-state index contributed by atoms with van der Waals surface area (Å²) < 4.78 is 5.13. The number of benzene rings is 1. The van der Waals surface area contributed by atoms with Crippen LogP contribution in [-0.4, -0.2) is 29.8 Å². The monoisotopic (exact) mass is 338 g/mol. The van der Waals surface area contributed by atoms with Crippen LogP contribution in [-0.2, 0) is 9.59 Å². The summed E-state index contributed by atoms with van der Waals surface area (Å²) in [4.78, 5) is 26.8. The van der Waals surface area contributed by atoms with Crippen molar-refractivity contribution < 1.29 is 14.3 Å². The molecule has 0 unspecified atom stereocenters. The number of ether oxygens (including phenoxy) is 1. The van der Waals surface area contributed by atoms with Gasteiger partial charge in [-0.2, -0.15) is 4.99 Å². The number of aliphatic imine (C=N–C) groups is 1. The highest BCUT2D eigenvalue weighted by Crippen LogP contribution is 2.27. The van der Waals surface area contributed by atoms with Crippen molar-refractivity contribution in [3.8, 4) is 5.75 Å². The number of thioether (sulfide) groups is 1. The number of nitrogens with one attached hydrogen (secondary N) is 1. The third-order valence-electron chi connectivity index (χ3n) is 2.47. The lowest BCUT2D eigenvalue weighted by Crippen LogP contribution is -2.16. The lowest BCUT2D eigenvalue weighted by atomic mass is 10.3. The average molecular weight is 339 g/mol. The summed E-state index contributed by atoms with van der Waals surface area (Å²) in [5.41, 5.74) is 0.426. The molecular formula is C13H11ClN4O3S. The van der Waals surface area contributed by atoms with Crippen LogP contribution >= 0.6 is 23.4 Å². The molecule has 0 bridgehead atoms. The van der Waals surface area contributed by atoms with Crippen LogP contribution in [0, 0.1) is 0 Å². The largest absolute Gasteiger partial charge is 0.495 e. The molecule has 0 saturated heterocycles. The first-order valence-corrected chi connectivity index (χ1v) is 7.36. The summed E-state index contributed by atoms with van der Waals surface area (Å²) in [6.07, 6.45) is 0. The zero-order valence-electron chi connectivity index (χ0n) is 11.5. The van der Waals surface area contributed by atoms with Crippen LogP contribution in [0.5, 0.6) is 5.75 Å². The summed E-state index contributed by atoms with van der Waals surface area (Å²) in [7, 11) is 1.49. The number of carbonyl (C=O) groups excluding carboxylic acids is 2. The molecule has 0 radical (unpaired) electrons. The number of carbonyl (C=O) groups is 2. The van der Waals surface area contributed by atoms with Gasteiger partial charge in [0.05, 0.1) is 18.6 Å². The first-order valence-electron chi connectivity index (χ1n) is 5.99. The Morgan fingerprint density at radius 2 is 2.23 bits per heavy atom. The Balaban J connectivity index is 1.95. The molecule has 0 spiro atoms. The maximum Gasteiger partial charge on any atom is 0.299 e. The van der Waals surface area contributed by atoms with Gasteiger partial charge in [0.1, 0.15) is 11.4 Å². The van der Waals surface area contributed by atoms with Gasteiger partial charge >= 0.3 is 0 Å². The molecule has 7 nitrogen and oxygen atoms in total. The van der Waals surface area contributed by atoms with E-state index in [-0.39, 0.29) is 22.5 Å². The Morgan fingerprint density at radius 1 is 1.45 bits per heavy atom. The highest BCUT2D eigenvalue weighted by molar-refractivity contribution is 8.14. The number of nitrogens with zero attached hydrogens (tertiary/aromatic N) is 3. The standard InChI is InChI=1S/C13H11ClN4O3S/c1-7-12(20)16-13(18-17-7)22-6-11(19)15-9-5-8(14)3-4-10(9)21-2/h3-5H,1,6H2,2H3,(H,15,19). The fourth-order valence-electron chi connectivity index (χ4n) is 1.48. The maximum absolute atomic E-state index is 11.9. The smallest absolute Gasteiger partial charge is 0.299 e. The lowest BCUT2D eigenvalue weighted by molar-refractivity contribution is -0.115. The normalized spacial score (nSPS) is 13.8. The Hall–Kier alpha value is -2.19. The molecule has 0 aromatic heterocycles. The minimum absolute atomic E-state index is 0.00722. The molecule has 1 N–H and O–H groups in total. The molecule has 1 aromatic rings. The van der Waals surface area contributed by atoms with Crippen LogP contribution in [0.25, 0.3) is 0 Å². The number of halogens is 1. The van der Waals surface area contributed by atoms with Crippen molar-refractivity contribution in [1.29, 1.82) is 0 Å². The lowest BCUT2D eigenvalue weighted by Gasteiger charge is -2.10. The minimum atomic E-state index is -0.561. The third-order valence-corrected chi connectivity index (χ3v) is 3.54. The second-order valence-corrected chi connectivity index (χ2v) is 5.41. The van der Waals surface area contributed by atoms with Crippen LogP contribution in [0.1, 0.15) is 0 Å². The number of azo groups is 1. The predicted molar refractivity (Wildman–Crippen MR) is 85.5 cm³/mol. The van der Waals surface area contributed by atoms with Crippen LogP contribution in [0.4, 0.5) is 5.69 Å². The van der Waals surface area contributed by atoms with E-state index < -0.39 is 5.91 Å². The number of methoxy groups -OCH3 is 1. The number of anilines is 1. The molecule has 1 heterocycles. The Bertz CT molecular complexity index is 703. The Kier molecular flexibility index (Phi) is 5.29. The van der Waals surface area contributed by atoms with Crippen LogP contribution in [0.2, 0.25) is 5.02 Å². The van der Waals surface area contributed by atoms with E-state index in [9.17, 15) is 9.59 Å². The first-order chi connectivity index (χ1) is 10.5. The summed E-state index contributed by atoms with van der Waals surface area (Å²) in [5.74, 6) is -0.383. The summed E-state index contributed by atoms with van der Waals surface area (Å²) in [6.45, 7) is 3.38. The van der Waals surface area contributed by atoms with Crippen molar-refractivity contribution in [2.75, 3.05) is 18.2 Å². The molecule has 0 aliphatic carbocycles. The number of amides is 2. The van der Waals surface area contributed by atoms with Crippen molar-refractivity contribution in [2.45, 2.75) is 0 Å². The van der Waals surface area contributed by atoms with E-state index in [0.717, 1.165) is 11.8 Å². The molecule has 2 amide bonds. The van der Waals surface area contributed by atoms with E-state index in [1.54, 1.807) is 18.2 Å². The summed E-state index contributed by atoms with van der Waals surface area (Å²) >= 11 is 6.87. The fourth-order valence-corrected chi connectivity index (χ4v) is 2.23. The minimum Gasteiger partial charge on any atom is -0.495 e. The maximum atomic E-state index is 11.9. The molecule has 1 aromatic carbocycles. The zero-order valence-corrected chi connectivity index (χ0v) is 13.1. The molecule has 9 heteroatoms. The Labute approximate surface area is 135 Å². The van der Waals surface area contributed by atoms with Gasteiger partial charge in [0.2, 0.25) is 11.1 Å². The molecule has 2 rings (SSSR count). The quantitative estimate of drug-likeness (QED) is 0.854. The van der Waals surface area contributed by atoms with E-state index in [1.165, 1.54) is 7.11 Å². The van der Waals surface area contributed by atoms with Gasteiger partial charge in [-0.25, -0.2) is 0 Å². The van der Waals surface area contributed by atoms with Gasteiger partial charge in [0, 0.05) is 5.02 Å². The van der Waals surface area contributed by atoms with Gasteiger partial charge in [0.15, 0.2) is 0 Å². The highest BCUT2D eigenvalue weighted by Gasteiger charge is 2.15. The Morgan fingerprint density at radius 3 is 2.91 bits per heavy atom. The SMILES string of the molecule is C=C1N=NC(SCC(=O)Nc2cc(Cl)ccc2OC)=NC1=O. The van der Waals surface area contributed by atoms with Crippen LogP contribution in [0.3, 0.4) is 0 Å². The summed E-state index contributed by atoms with van der Waals surface area (Å²) in [6, 6.07) is 4.88. The second-order valence-electron chi connectivity index (χ2n) is 4.03. The second kappa shape index (κ2) is 7.19. The number of amidine groups is 1. The summed E-state index contributed by atoms with van der Waals surface area (Å²) in [5, 5.41) is 10.5. The van der Waals surface area contributed by atoms with Crippen molar-refractivity contribution in [2.24, 2.45) is 15.2 Å². The average Bonchev–Trinajstić information content (AvgIpc) is 2.49. The van der Waals surface area contributed by atoms with Gasteiger partial charge in [0.25, 0.3) is 5.91 Å². The van der Waals surface area contributed by atoms with E-state index in [2.05, 4.69) is 27.1 Å². The molecule has 1 aliphatic rings. The van der Waals surface area contributed by atoms with Crippen LogP contribution < -0.4 is 10.1 Å². The predicted octanol–water partition coefficient (Wildman–Crippen LogP) is 2.88. The fraction of sp³-hybridized carbons (Fsp3) is 0.154. The molecule has 0 saturated carbocycles. The van der Waals surface area contributed by atoms with E-state index in [0.29, 0.717) is 16.5 Å². The van der Waals surface area contributed by atoms with Crippen molar-refractivity contribution in [3.63, 3.8) is 0 Å². The van der Waals surface area contributed by atoms with Gasteiger partial charge in [-0.05, 0) is 18.2 Å². The molecule has 114 valence electrons. The molecule has 22 heavy (non-hydrogen) atoms. The molecule has 1 aliphatic heterocycles. The van der Waals surface area contributed by atoms with E-state index in [4.69, 9.17) is 16.3 Å². The number of rotatable bonds is 4. The van der Waals surface area contributed by atoms with Gasteiger partial charge < -0.3 is 10.1 Å². The third kappa shape index (κ3) is 4.15. The van der Waals surface area contributed by atoms with Gasteiger partial charge in [-0.15, -0.1) is 10.2 Å². The molecule has 0 fully saturated rings. The van der Waals surface area contributed by atoms with E-state index >= 15 is 0 Å². The number of hydrogen-bond acceptors (Lipinski definition) is 6. The van der Waals surface area contributed by atoms with Gasteiger partial charge in [-0.3, -0.25) is 9.59 Å². The topological polar surface area (TPSA) is 92.5 Å². The first kappa shape index (κ1) is 16.2. The van der Waals surface area contributed by atoms with Crippen molar-refractivity contribution >= 4 is 46.0 Å². The van der Waals surface area contributed by atoms with Crippen LogP contribution in [0.15, 0.2) is 45.7 Å².